The summed E-state index contributed by atoms with van der Waals surface area (Å²) in [6.07, 6.45) is -22.0. The van der Waals surface area contributed by atoms with Crippen molar-refractivity contribution >= 4 is 0 Å². The molecule has 0 aromatic heterocycles. The molecule has 0 unspecified atom stereocenters. The Kier molecular flexibility index (Phi) is 15.5. The molecule has 0 bridgehead atoms. The zero-order chi connectivity index (χ0) is 52.4. The molecule has 0 aromatic carbocycles. The molecule has 73 heavy (non-hydrogen) atoms. The van der Waals surface area contributed by atoms with Crippen molar-refractivity contribution in [3.05, 3.63) is 11.6 Å². The summed E-state index contributed by atoms with van der Waals surface area (Å²) < 4.78 is 61.8. The van der Waals surface area contributed by atoms with E-state index in [1.807, 2.05) is 0 Å². The van der Waals surface area contributed by atoms with Gasteiger partial charge in [0.1, 0.15) is 85.0 Å². The third-order valence-electron chi connectivity index (χ3n) is 20.1. The Morgan fingerprint density at radius 2 is 1.19 bits per heavy atom. The van der Waals surface area contributed by atoms with Crippen molar-refractivity contribution in [1.82, 2.24) is 0 Å². The van der Waals surface area contributed by atoms with E-state index < -0.39 is 147 Å². The fourth-order valence-corrected chi connectivity index (χ4v) is 15.4. The highest BCUT2D eigenvalue weighted by Crippen LogP contribution is 2.72. The molecule has 12 N–H and O–H groups in total. The Morgan fingerprint density at radius 1 is 0.589 bits per heavy atom. The Bertz CT molecular complexity index is 1960. The van der Waals surface area contributed by atoms with Gasteiger partial charge in [-0.3, -0.25) is 0 Å². The molecule has 418 valence electrons. The maximum absolute atomic E-state index is 12.9. The number of ether oxygens (including phenoxy) is 10. The van der Waals surface area contributed by atoms with Crippen LogP contribution in [-0.2, 0) is 47.4 Å². The zero-order valence-electron chi connectivity index (χ0n) is 42.6. The number of aliphatic hydroxyl groups is 12. The molecule has 6 aliphatic heterocycles. The molecule has 4 aliphatic carbocycles. The van der Waals surface area contributed by atoms with Crippen molar-refractivity contribution in [2.75, 3.05) is 19.8 Å². The highest BCUT2D eigenvalue weighted by molar-refractivity contribution is 5.29. The van der Waals surface area contributed by atoms with Crippen molar-refractivity contribution in [1.29, 1.82) is 0 Å². The molecule has 0 aromatic rings. The number of aliphatic hydroxyl groups excluding tert-OH is 11. The molecule has 9 fully saturated rings. The number of rotatable bonds is 10. The summed E-state index contributed by atoms with van der Waals surface area (Å²) in [4.78, 5) is 0. The van der Waals surface area contributed by atoms with Crippen LogP contribution in [0.25, 0.3) is 0 Å². The molecule has 31 atom stereocenters. The Balaban J connectivity index is 0.839. The minimum atomic E-state index is -1.87. The summed E-state index contributed by atoms with van der Waals surface area (Å²) in [5.74, 6) is -0.158. The quantitative estimate of drug-likeness (QED) is 0.107. The fourth-order valence-electron chi connectivity index (χ4n) is 15.4. The molecule has 1 spiro atoms. The monoisotopic (exact) mass is 1050 g/mol. The number of allylic oxidation sites excluding steroid dienone is 1. The Hall–Kier alpha value is -1.14. The van der Waals surface area contributed by atoms with Gasteiger partial charge in [0, 0.05) is 30.3 Å². The molecule has 10 rings (SSSR count). The minimum Gasteiger partial charge on any atom is -0.396 e. The van der Waals surface area contributed by atoms with Crippen molar-refractivity contribution in [3.8, 4) is 0 Å². The normalized spacial score (nSPS) is 58.2. The highest BCUT2D eigenvalue weighted by Gasteiger charge is 2.76. The first-order chi connectivity index (χ1) is 34.5. The summed E-state index contributed by atoms with van der Waals surface area (Å²) in [5, 5.41) is 132. The van der Waals surface area contributed by atoms with Crippen LogP contribution < -0.4 is 0 Å². The highest BCUT2D eigenvalue weighted by atomic mass is 16.8. The van der Waals surface area contributed by atoms with Crippen molar-refractivity contribution in [2.45, 2.75) is 246 Å². The van der Waals surface area contributed by atoms with E-state index in [2.05, 4.69) is 26.8 Å². The van der Waals surface area contributed by atoms with E-state index >= 15 is 0 Å². The van der Waals surface area contributed by atoms with Crippen molar-refractivity contribution < 1.29 is 109 Å². The van der Waals surface area contributed by atoms with Gasteiger partial charge in [0.15, 0.2) is 30.9 Å². The SMILES string of the molecule is C[C@@H]1O[C@@H](O[C@@H]2[C@@H](O)[C@@H](O)[C@H](O[C@H]3[C@H](O)[C@@H](O[C@@H]4O[C@@H](C)[C@H](O)[C@@H](O)[C@H]4O)[C@H](O[C@H]4CC[C@@]5(C)C(=CC[C@@H]6[C@@H]5CC[C@@]5(C)[C@H]6C[C@@H]6O[C@]7(CC[C@H](CO)CO7)[C@@H](C)[C@@]65O)C4)O[C@@H]3CO)O[C@H]2C)[C@H](O)[C@H](O)[C@H]1O. The lowest BCUT2D eigenvalue weighted by molar-refractivity contribution is -0.394. The standard InChI is InChI=1S/C51H82O22/c1-20-32(54)34(56)37(59)44(65-20)70-41-22(3)67-46(39(61)36(41)58)71-42-30(18-53)69-47(43(40(42)62)72-45-38(60)35(57)33(55)21(2)66-45)68-26-10-12-48(5)25(15-26)7-8-27-28(48)11-13-49(6)29(27)16-31-51(49,63)23(4)50(73-31)14-9-24(17-52)19-64-50/h7,20-24,26-47,52-63H,8-19H2,1-6H3/t20-,21-,22-,23+,24+,26-,27+,28-,29-,30+,31-,32-,33-,34+,35+,36-,37+,38+,39+,40-,41-,42+,43+,44-,45-,46-,47+,48-,49-,50+,51+/m0/s1. The molecule has 6 saturated heterocycles. The van der Waals surface area contributed by atoms with Gasteiger partial charge in [0.2, 0.25) is 0 Å². The topological polar surface area (TPSA) is 335 Å². The van der Waals surface area contributed by atoms with E-state index in [-0.39, 0.29) is 41.3 Å². The van der Waals surface area contributed by atoms with E-state index in [4.69, 9.17) is 47.4 Å². The van der Waals surface area contributed by atoms with Gasteiger partial charge in [-0.1, -0.05) is 32.4 Å². The second kappa shape index (κ2) is 20.5. The summed E-state index contributed by atoms with van der Waals surface area (Å²) in [5.41, 5.74) is -0.389. The van der Waals surface area contributed by atoms with Crippen LogP contribution in [0, 0.1) is 40.4 Å². The Morgan fingerprint density at radius 3 is 1.79 bits per heavy atom. The predicted octanol–water partition coefficient (Wildman–Crippen LogP) is -1.82. The van der Waals surface area contributed by atoms with E-state index in [1.165, 1.54) is 26.3 Å². The molecule has 22 nitrogen and oxygen atoms in total. The Labute approximate surface area is 425 Å². The maximum atomic E-state index is 12.9. The number of fused-ring (bicyclic) bond motifs is 7. The third kappa shape index (κ3) is 8.94. The van der Waals surface area contributed by atoms with Crippen LogP contribution >= 0.6 is 0 Å². The number of hydrogen-bond donors (Lipinski definition) is 12. The van der Waals surface area contributed by atoms with E-state index in [9.17, 15) is 61.3 Å². The van der Waals surface area contributed by atoms with Gasteiger partial charge in [-0.25, -0.2) is 0 Å². The first-order valence-electron chi connectivity index (χ1n) is 26.8. The second-order valence-electron chi connectivity index (χ2n) is 23.9. The molecule has 0 radical (unpaired) electrons. The van der Waals surface area contributed by atoms with Crippen LogP contribution in [0.3, 0.4) is 0 Å². The molecular formula is C51H82O22. The first kappa shape index (κ1) is 55.2. The zero-order valence-corrected chi connectivity index (χ0v) is 42.6. The third-order valence-corrected chi connectivity index (χ3v) is 20.1. The molecule has 6 heterocycles. The van der Waals surface area contributed by atoms with Crippen LogP contribution in [-0.4, -0.2) is 228 Å². The summed E-state index contributed by atoms with van der Waals surface area (Å²) in [6.45, 7) is 10.8. The van der Waals surface area contributed by atoms with Crippen molar-refractivity contribution in [2.24, 2.45) is 40.4 Å². The van der Waals surface area contributed by atoms with Gasteiger partial charge in [-0.15, -0.1) is 0 Å². The van der Waals surface area contributed by atoms with Crippen LogP contribution in [0.15, 0.2) is 11.6 Å². The summed E-state index contributed by atoms with van der Waals surface area (Å²) in [6, 6.07) is 0. The molecule has 0 amide bonds. The van der Waals surface area contributed by atoms with Crippen LogP contribution in [0.2, 0.25) is 0 Å². The largest absolute Gasteiger partial charge is 0.396 e. The summed E-state index contributed by atoms with van der Waals surface area (Å²) >= 11 is 0. The molecule has 10 aliphatic rings. The lowest BCUT2D eigenvalue weighted by atomic mass is 9.46. The van der Waals surface area contributed by atoms with Crippen LogP contribution in [0.5, 0.6) is 0 Å². The van der Waals surface area contributed by atoms with E-state index in [1.54, 1.807) is 0 Å². The second-order valence-corrected chi connectivity index (χ2v) is 23.9. The fraction of sp³-hybridized carbons (Fsp3) is 0.961. The van der Waals surface area contributed by atoms with E-state index in [0.717, 1.165) is 38.5 Å². The lowest BCUT2D eigenvalue weighted by Gasteiger charge is -2.60. The minimum absolute atomic E-state index is 0.0661. The number of hydrogen-bond acceptors (Lipinski definition) is 22. The predicted molar refractivity (Wildman–Crippen MR) is 247 cm³/mol. The first-order valence-corrected chi connectivity index (χ1v) is 26.8. The van der Waals surface area contributed by atoms with Crippen LogP contribution in [0.4, 0.5) is 0 Å². The molecule has 22 heteroatoms. The lowest BCUT2D eigenvalue weighted by Crippen LogP contribution is -2.67. The van der Waals surface area contributed by atoms with Crippen LogP contribution in [0.1, 0.15) is 99.3 Å². The smallest absolute Gasteiger partial charge is 0.187 e. The van der Waals surface area contributed by atoms with Gasteiger partial charge < -0.3 is 109 Å². The van der Waals surface area contributed by atoms with E-state index in [0.29, 0.717) is 37.7 Å². The van der Waals surface area contributed by atoms with Gasteiger partial charge in [0.25, 0.3) is 0 Å². The van der Waals surface area contributed by atoms with Gasteiger partial charge in [-0.05, 0) is 95.3 Å². The summed E-state index contributed by atoms with van der Waals surface area (Å²) in [7, 11) is 0. The average molecular weight is 1050 g/mol. The molecular weight excluding hydrogens is 965 g/mol. The van der Waals surface area contributed by atoms with Gasteiger partial charge >= 0.3 is 0 Å². The van der Waals surface area contributed by atoms with Gasteiger partial charge in [-0.2, -0.15) is 0 Å². The molecule has 3 saturated carbocycles. The van der Waals surface area contributed by atoms with Gasteiger partial charge in [0.05, 0.1) is 43.7 Å². The maximum Gasteiger partial charge on any atom is 0.187 e. The average Bonchev–Trinajstić information content (AvgIpc) is 3.73. The van der Waals surface area contributed by atoms with Crippen molar-refractivity contribution in [3.63, 3.8) is 0 Å².